The molecule has 1 aliphatic heterocycles. The predicted molar refractivity (Wildman–Crippen MR) is 95.5 cm³/mol. The van der Waals surface area contributed by atoms with Crippen molar-refractivity contribution in [3.8, 4) is 5.75 Å². The van der Waals surface area contributed by atoms with Gasteiger partial charge >= 0.3 is 0 Å². The van der Waals surface area contributed by atoms with E-state index in [0.717, 1.165) is 23.3 Å². The van der Waals surface area contributed by atoms with Gasteiger partial charge in [-0.15, -0.1) is 0 Å². The molecular formula is C17H17N3O3S2. The minimum absolute atomic E-state index is 0.186. The van der Waals surface area contributed by atoms with Crippen molar-refractivity contribution >= 4 is 21.4 Å². The van der Waals surface area contributed by atoms with E-state index in [1.54, 1.807) is 40.4 Å². The molecule has 1 N–H and O–H groups in total. The lowest BCUT2D eigenvalue weighted by molar-refractivity contribution is 0.356. The molecule has 0 fully saturated rings. The van der Waals surface area contributed by atoms with Gasteiger partial charge in [-0.25, -0.2) is 13.1 Å². The monoisotopic (exact) mass is 375 g/mol. The number of aromatic nitrogens is 2. The smallest absolute Gasteiger partial charge is 0.240 e. The molecule has 3 aromatic rings. The maximum Gasteiger partial charge on any atom is 0.240 e. The average Bonchev–Trinajstić information content (AvgIpc) is 3.36. The number of benzene rings is 1. The summed E-state index contributed by atoms with van der Waals surface area (Å²) in [5.74, 6) is 0.770. The Morgan fingerprint density at radius 2 is 2.28 bits per heavy atom. The summed E-state index contributed by atoms with van der Waals surface area (Å²) in [7, 11) is -3.60. The van der Waals surface area contributed by atoms with Crippen molar-refractivity contribution < 1.29 is 13.2 Å². The van der Waals surface area contributed by atoms with Gasteiger partial charge in [0.15, 0.2) is 0 Å². The Kier molecular flexibility index (Phi) is 4.32. The first-order chi connectivity index (χ1) is 12.1. The normalized spacial score (nSPS) is 14.9. The summed E-state index contributed by atoms with van der Waals surface area (Å²) in [6.07, 6.45) is 4.27. The Hall–Kier alpha value is -2.16. The van der Waals surface area contributed by atoms with Gasteiger partial charge in [-0.2, -0.15) is 16.4 Å². The summed E-state index contributed by atoms with van der Waals surface area (Å²) < 4.78 is 35.3. The highest BCUT2D eigenvalue weighted by Gasteiger charge is 2.22. The fourth-order valence-corrected chi connectivity index (χ4v) is 4.69. The number of fused-ring (bicyclic) bond motifs is 1. The van der Waals surface area contributed by atoms with E-state index in [1.165, 1.54) is 0 Å². The molecule has 0 bridgehead atoms. The third-order valence-corrected chi connectivity index (χ3v) is 6.33. The van der Waals surface area contributed by atoms with Crippen LogP contribution in [0.15, 0.2) is 58.4 Å². The van der Waals surface area contributed by atoms with E-state index in [4.69, 9.17) is 4.74 Å². The van der Waals surface area contributed by atoms with Gasteiger partial charge in [-0.1, -0.05) is 0 Å². The first-order valence-corrected chi connectivity index (χ1v) is 10.3. The molecular weight excluding hydrogens is 358 g/mol. The van der Waals surface area contributed by atoms with Crippen LogP contribution in [-0.4, -0.2) is 31.3 Å². The lowest BCUT2D eigenvalue weighted by Crippen LogP contribution is -2.31. The minimum atomic E-state index is -3.60. The molecule has 0 spiro atoms. The third kappa shape index (κ3) is 3.33. The van der Waals surface area contributed by atoms with Crippen LogP contribution in [0.5, 0.6) is 5.75 Å². The number of ether oxygens (including phenoxy) is 1. The molecule has 0 saturated heterocycles. The predicted octanol–water partition coefficient (Wildman–Crippen LogP) is 2.45. The van der Waals surface area contributed by atoms with Crippen LogP contribution in [0, 0.1) is 0 Å². The van der Waals surface area contributed by atoms with E-state index < -0.39 is 10.0 Å². The van der Waals surface area contributed by atoms with Crippen LogP contribution in [0.2, 0.25) is 0 Å². The van der Waals surface area contributed by atoms with Crippen molar-refractivity contribution in [3.63, 3.8) is 0 Å². The van der Waals surface area contributed by atoms with Gasteiger partial charge in [0.1, 0.15) is 5.75 Å². The highest BCUT2D eigenvalue weighted by atomic mass is 32.2. The number of nitrogens with zero attached hydrogens (tertiary/aromatic N) is 2. The van der Waals surface area contributed by atoms with Gasteiger partial charge < -0.3 is 4.74 Å². The fraction of sp³-hybridized carbons (Fsp3) is 0.235. The highest BCUT2D eigenvalue weighted by molar-refractivity contribution is 7.89. The van der Waals surface area contributed by atoms with Crippen LogP contribution < -0.4 is 9.46 Å². The molecule has 8 heteroatoms. The van der Waals surface area contributed by atoms with E-state index >= 15 is 0 Å². The number of nitrogens with one attached hydrogen (secondary N) is 1. The molecule has 3 heterocycles. The first kappa shape index (κ1) is 16.3. The van der Waals surface area contributed by atoms with E-state index in [2.05, 4.69) is 9.82 Å². The topological polar surface area (TPSA) is 73.2 Å². The van der Waals surface area contributed by atoms with Crippen LogP contribution in [0.4, 0.5) is 0 Å². The Morgan fingerprint density at radius 1 is 1.36 bits per heavy atom. The van der Waals surface area contributed by atoms with E-state index in [0.29, 0.717) is 6.61 Å². The Balaban J connectivity index is 1.56. The van der Waals surface area contributed by atoms with Crippen molar-refractivity contribution in [2.75, 3.05) is 13.2 Å². The molecule has 4 rings (SSSR count). The quantitative estimate of drug-likeness (QED) is 0.718. The summed E-state index contributed by atoms with van der Waals surface area (Å²) in [5, 5.41) is 8.24. The third-order valence-electron chi connectivity index (χ3n) is 4.21. The Morgan fingerprint density at radius 3 is 3.04 bits per heavy atom. The number of hydrogen-bond acceptors (Lipinski definition) is 5. The van der Waals surface area contributed by atoms with Crippen LogP contribution in [0.25, 0.3) is 0 Å². The van der Waals surface area contributed by atoms with Crippen LogP contribution >= 0.6 is 11.3 Å². The van der Waals surface area contributed by atoms with Crippen molar-refractivity contribution in [1.29, 1.82) is 0 Å². The number of sulfonamides is 1. The van der Waals surface area contributed by atoms with Crippen molar-refractivity contribution in [2.24, 2.45) is 0 Å². The zero-order valence-corrected chi connectivity index (χ0v) is 15.0. The van der Waals surface area contributed by atoms with Crippen molar-refractivity contribution in [2.45, 2.75) is 17.4 Å². The Labute approximate surface area is 150 Å². The lowest BCUT2D eigenvalue weighted by atomic mass is 10.1. The van der Waals surface area contributed by atoms with E-state index in [9.17, 15) is 8.42 Å². The summed E-state index contributed by atoms with van der Waals surface area (Å²) in [6, 6.07) is 8.62. The highest BCUT2D eigenvalue weighted by Crippen LogP contribution is 2.28. The molecule has 1 atom stereocenters. The molecule has 0 radical (unpaired) electrons. The average molecular weight is 375 g/mol. The standard InChI is InChI=1S/C17H17N3O3S2/c21-25(22,15-2-3-17-13(10-15)4-8-23-17)19-11-16(14-5-9-24-12-14)20-7-1-6-18-20/h1-3,5-7,9-10,12,16,19H,4,8,11H2/t16-/m1/s1. The Bertz CT molecular complexity index is 917. The second kappa shape index (κ2) is 6.62. The van der Waals surface area contributed by atoms with E-state index in [-0.39, 0.29) is 17.5 Å². The number of thiophene rings is 1. The van der Waals surface area contributed by atoms with Crippen molar-refractivity contribution in [1.82, 2.24) is 14.5 Å². The second-order valence-electron chi connectivity index (χ2n) is 5.78. The van der Waals surface area contributed by atoms with Gasteiger partial charge in [0.2, 0.25) is 10.0 Å². The molecule has 0 aliphatic carbocycles. The summed E-state index contributed by atoms with van der Waals surface area (Å²) in [4.78, 5) is 0.265. The van der Waals surface area contributed by atoms with Crippen LogP contribution in [0.3, 0.4) is 0 Å². The zero-order valence-electron chi connectivity index (χ0n) is 13.3. The van der Waals surface area contributed by atoms with Gasteiger partial charge in [-0.3, -0.25) is 4.68 Å². The van der Waals surface area contributed by atoms with Gasteiger partial charge in [0.05, 0.1) is 17.5 Å². The van der Waals surface area contributed by atoms with Gasteiger partial charge in [0, 0.05) is 25.4 Å². The fourth-order valence-electron chi connectivity index (χ4n) is 2.90. The van der Waals surface area contributed by atoms with Crippen molar-refractivity contribution in [3.05, 3.63) is 64.6 Å². The van der Waals surface area contributed by atoms with E-state index in [1.807, 2.05) is 29.1 Å². The number of rotatable bonds is 6. The molecule has 1 aromatic carbocycles. The molecule has 130 valence electrons. The van der Waals surface area contributed by atoms with Crippen LogP contribution in [0.1, 0.15) is 17.2 Å². The maximum absolute atomic E-state index is 12.7. The molecule has 0 amide bonds. The first-order valence-electron chi connectivity index (χ1n) is 7.90. The number of hydrogen-bond donors (Lipinski definition) is 1. The summed E-state index contributed by atoms with van der Waals surface area (Å²) in [6.45, 7) is 0.833. The maximum atomic E-state index is 12.7. The molecule has 0 saturated carbocycles. The van der Waals surface area contributed by atoms with Gasteiger partial charge in [-0.05, 0) is 52.2 Å². The molecule has 2 aromatic heterocycles. The van der Waals surface area contributed by atoms with Gasteiger partial charge in [0.25, 0.3) is 0 Å². The SMILES string of the molecule is O=S(=O)(NC[C@H](c1ccsc1)n1cccn1)c1ccc2c(c1)CCO2. The second-order valence-corrected chi connectivity index (χ2v) is 8.33. The zero-order chi connectivity index (χ0) is 17.3. The molecule has 1 aliphatic rings. The largest absolute Gasteiger partial charge is 0.493 e. The molecule has 6 nitrogen and oxygen atoms in total. The minimum Gasteiger partial charge on any atom is -0.493 e. The molecule has 0 unspecified atom stereocenters. The summed E-state index contributed by atoms with van der Waals surface area (Å²) in [5.41, 5.74) is 1.96. The van der Waals surface area contributed by atoms with Crippen LogP contribution in [-0.2, 0) is 16.4 Å². The lowest BCUT2D eigenvalue weighted by Gasteiger charge is -2.17. The molecule has 25 heavy (non-hydrogen) atoms. The summed E-state index contributed by atoms with van der Waals surface area (Å²) >= 11 is 1.58.